The van der Waals surface area contributed by atoms with Gasteiger partial charge in [-0.15, -0.1) is 0 Å². The van der Waals surface area contributed by atoms with Gasteiger partial charge in [-0.25, -0.2) is 9.97 Å². The van der Waals surface area contributed by atoms with Crippen molar-refractivity contribution in [3.8, 4) is 0 Å². The first-order valence-corrected chi connectivity index (χ1v) is 19.3. The second-order valence-electron chi connectivity index (χ2n) is 13.9. The van der Waals surface area contributed by atoms with Gasteiger partial charge < -0.3 is 53.0 Å². The summed E-state index contributed by atoms with van der Waals surface area (Å²) in [6.07, 6.45) is -0.863. The summed E-state index contributed by atoms with van der Waals surface area (Å²) in [4.78, 5) is 35.7. The third-order valence-electron chi connectivity index (χ3n) is 9.49. The van der Waals surface area contributed by atoms with Crippen LogP contribution in [0.25, 0.3) is 0 Å². The lowest BCUT2D eigenvalue weighted by atomic mass is 9.95. The number of benzene rings is 2. The van der Waals surface area contributed by atoms with Crippen molar-refractivity contribution in [1.82, 2.24) is 30.8 Å². The maximum atomic E-state index is 13.0. The van der Waals surface area contributed by atoms with Crippen molar-refractivity contribution in [3.05, 3.63) is 81.6 Å². The number of nitrogens with zero attached hydrogens (tertiary/aromatic N) is 3. The molecule has 0 aliphatic carbocycles. The van der Waals surface area contributed by atoms with Crippen molar-refractivity contribution in [3.63, 3.8) is 0 Å². The highest BCUT2D eigenvalue weighted by Gasteiger charge is 2.31. The van der Waals surface area contributed by atoms with E-state index in [0.29, 0.717) is 51.3 Å². The highest BCUT2D eigenvalue weighted by atomic mass is 35.5. The van der Waals surface area contributed by atoms with Crippen LogP contribution in [0.1, 0.15) is 70.1 Å². The number of nitrogens with two attached hydrogens (primary N) is 2. The van der Waals surface area contributed by atoms with Gasteiger partial charge in [0.25, 0.3) is 11.8 Å². The van der Waals surface area contributed by atoms with E-state index in [1.165, 1.54) is 5.56 Å². The zero-order valence-electron chi connectivity index (χ0n) is 31.8. The number of aliphatic hydroxyl groups is 5. The van der Waals surface area contributed by atoms with E-state index in [2.05, 4.69) is 51.9 Å². The quantitative estimate of drug-likeness (QED) is 0.0541. The van der Waals surface area contributed by atoms with E-state index in [1.54, 1.807) is 12.1 Å². The van der Waals surface area contributed by atoms with Crippen LogP contribution in [-0.4, -0.2) is 129 Å². The molecule has 0 radical (unpaired) electrons. The zero-order chi connectivity index (χ0) is 40.3. The average Bonchev–Trinajstić information content (AvgIpc) is 3.18. The summed E-state index contributed by atoms with van der Waals surface area (Å²) < 4.78 is 0. The van der Waals surface area contributed by atoms with Crippen molar-refractivity contribution >= 4 is 35.1 Å². The highest BCUT2D eigenvalue weighted by Crippen LogP contribution is 2.18. The maximum Gasteiger partial charge on any atom is 0.273 e. The smallest absolute Gasteiger partial charge is 0.273 e. The first-order chi connectivity index (χ1) is 26.3. The van der Waals surface area contributed by atoms with Crippen molar-refractivity contribution in [1.29, 1.82) is 0 Å². The fraction of sp³-hybridized carbons (Fsp3) is 0.538. The summed E-state index contributed by atoms with van der Waals surface area (Å²) in [6, 6.07) is 15.5. The predicted molar refractivity (Wildman–Crippen MR) is 214 cm³/mol. The number of unbranched alkanes of at least 4 members (excludes halogenated alkanes) is 3. The van der Waals surface area contributed by atoms with E-state index in [4.69, 9.17) is 28.2 Å². The molecule has 1 aromatic heterocycles. The number of anilines is 2. The van der Waals surface area contributed by atoms with Gasteiger partial charge in [-0.2, -0.15) is 0 Å². The van der Waals surface area contributed by atoms with Gasteiger partial charge in [0, 0.05) is 31.7 Å². The Morgan fingerprint density at radius 2 is 1.55 bits per heavy atom. The van der Waals surface area contributed by atoms with Crippen LogP contribution in [0.2, 0.25) is 5.15 Å². The number of aryl methyl sites for hydroxylation is 1. The zero-order valence-corrected chi connectivity index (χ0v) is 32.6. The number of rotatable bonds is 25. The van der Waals surface area contributed by atoms with E-state index in [-0.39, 0.29) is 40.9 Å². The lowest BCUT2D eigenvalue weighted by Gasteiger charge is -2.30. The lowest BCUT2D eigenvalue weighted by Crippen LogP contribution is -2.50. The van der Waals surface area contributed by atoms with Gasteiger partial charge in [0.05, 0.1) is 12.7 Å². The van der Waals surface area contributed by atoms with Gasteiger partial charge in [0.2, 0.25) is 0 Å². The Balaban J connectivity index is 1.50. The monoisotopic (exact) mass is 786 g/mol. The molecule has 2 amide bonds. The Labute approximate surface area is 328 Å². The van der Waals surface area contributed by atoms with E-state index in [1.807, 2.05) is 29.2 Å². The van der Waals surface area contributed by atoms with Crippen molar-refractivity contribution in [2.24, 2.45) is 5.92 Å². The molecule has 55 heavy (non-hydrogen) atoms. The molecule has 16 heteroatoms. The van der Waals surface area contributed by atoms with Crippen LogP contribution in [0, 0.1) is 12.8 Å². The van der Waals surface area contributed by atoms with Crippen molar-refractivity contribution in [2.45, 2.75) is 76.8 Å². The van der Waals surface area contributed by atoms with Crippen LogP contribution in [-0.2, 0) is 12.8 Å². The largest absolute Gasteiger partial charge is 0.394 e. The van der Waals surface area contributed by atoms with Crippen molar-refractivity contribution in [2.75, 3.05) is 63.9 Å². The van der Waals surface area contributed by atoms with Crippen LogP contribution >= 0.6 is 11.6 Å². The van der Waals surface area contributed by atoms with Crippen LogP contribution in [0.15, 0.2) is 48.5 Å². The number of nitrogen functional groups attached to an aromatic ring is 2. The third-order valence-corrected chi connectivity index (χ3v) is 9.77. The Morgan fingerprint density at radius 1 is 0.836 bits per heavy atom. The molecule has 304 valence electrons. The minimum atomic E-state index is -1.69. The fourth-order valence-electron chi connectivity index (χ4n) is 6.08. The molecule has 5 unspecified atom stereocenters. The van der Waals surface area contributed by atoms with E-state index >= 15 is 0 Å². The van der Waals surface area contributed by atoms with Gasteiger partial charge in [-0.3, -0.25) is 14.5 Å². The van der Waals surface area contributed by atoms with Crippen LogP contribution in [0.5, 0.6) is 0 Å². The molecular weight excluding hydrogens is 728 g/mol. The van der Waals surface area contributed by atoms with Gasteiger partial charge in [0.15, 0.2) is 22.5 Å². The van der Waals surface area contributed by atoms with E-state index < -0.39 is 36.9 Å². The SMILES string of the molecule is CCCCCCN(CCNC(=O)c1ccc(CCNCC(CNC(=O)c2nc(Cl)c(N)nc2N)Cc2ccccc2C)cc1)CC(O)C(O)C(O)C(O)CO. The van der Waals surface area contributed by atoms with E-state index in [9.17, 15) is 30.0 Å². The molecule has 2 aromatic carbocycles. The summed E-state index contributed by atoms with van der Waals surface area (Å²) in [7, 11) is 0. The molecule has 15 nitrogen and oxygen atoms in total. The average molecular weight is 787 g/mol. The fourth-order valence-corrected chi connectivity index (χ4v) is 6.21. The minimum Gasteiger partial charge on any atom is -0.394 e. The van der Waals surface area contributed by atoms with Gasteiger partial charge in [-0.1, -0.05) is 74.2 Å². The molecule has 1 heterocycles. The van der Waals surface area contributed by atoms with Gasteiger partial charge in [0.1, 0.15) is 18.3 Å². The van der Waals surface area contributed by atoms with Crippen LogP contribution in [0.4, 0.5) is 11.6 Å². The molecule has 0 aliphatic rings. The molecule has 0 spiro atoms. The second-order valence-corrected chi connectivity index (χ2v) is 14.3. The number of aliphatic hydroxyl groups excluding tert-OH is 5. The number of hydrogen-bond donors (Lipinski definition) is 10. The number of halogens is 1. The van der Waals surface area contributed by atoms with Crippen LogP contribution in [0.3, 0.4) is 0 Å². The summed E-state index contributed by atoms with van der Waals surface area (Å²) in [5, 5.41) is 58.8. The topological polar surface area (TPSA) is 252 Å². The molecule has 0 saturated carbocycles. The number of carbonyl (C=O) groups excluding carboxylic acids is 2. The first kappa shape index (κ1) is 45.5. The molecule has 0 aliphatic heterocycles. The summed E-state index contributed by atoms with van der Waals surface area (Å²) >= 11 is 5.97. The molecule has 0 fully saturated rings. The summed E-state index contributed by atoms with van der Waals surface area (Å²) in [5.74, 6) is -0.831. The molecule has 12 N–H and O–H groups in total. The Kier molecular flexibility index (Phi) is 19.7. The van der Waals surface area contributed by atoms with E-state index in [0.717, 1.165) is 43.2 Å². The molecule has 3 rings (SSSR count). The maximum absolute atomic E-state index is 13.0. The number of hydrogen-bond acceptors (Lipinski definition) is 13. The lowest BCUT2D eigenvalue weighted by molar-refractivity contribution is -0.119. The molecule has 0 saturated heterocycles. The predicted octanol–water partition coefficient (Wildman–Crippen LogP) is 1.07. The van der Waals surface area contributed by atoms with Gasteiger partial charge in [-0.05, 0) is 80.6 Å². The third kappa shape index (κ3) is 15.3. The minimum absolute atomic E-state index is 0.0195. The molecular formula is C39H59ClN8O7. The Hall–Kier alpha value is -3.93. The number of aromatic nitrogens is 2. The Morgan fingerprint density at radius 3 is 2.24 bits per heavy atom. The number of amides is 2. The molecule has 0 bridgehead atoms. The Bertz CT molecular complexity index is 1620. The summed E-state index contributed by atoms with van der Waals surface area (Å²) in [5.41, 5.74) is 15.3. The van der Waals surface area contributed by atoms with Crippen LogP contribution < -0.4 is 27.4 Å². The standard InChI is InChI=1S/C39H59ClN8O7/c1-3-4-5-8-18-48(23-30(50)33(52)34(53)31(51)24-49)19-17-44-38(54)28-13-11-26(12-14-28)15-16-43-21-27(20-29-10-7-6-9-25(29)2)22-45-39(55)32-36(41)47-37(42)35(40)46-32/h6-7,9-14,27,30-31,33-34,43,49-53H,3-5,8,15-24H2,1-2H3,(H,44,54)(H,45,55)(H4,41,42,47). The summed E-state index contributed by atoms with van der Waals surface area (Å²) in [6.45, 7) is 6.39. The normalized spacial score (nSPS) is 14.3. The van der Waals surface area contributed by atoms with Crippen molar-refractivity contribution < 1.29 is 35.1 Å². The molecule has 5 atom stereocenters. The number of nitrogens with one attached hydrogen (secondary N) is 3. The van der Waals surface area contributed by atoms with Gasteiger partial charge >= 0.3 is 0 Å². The second kappa shape index (κ2) is 23.9. The molecule has 3 aromatic rings. The number of carbonyl (C=O) groups is 2. The highest BCUT2D eigenvalue weighted by molar-refractivity contribution is 6.31. The first-order valence-electron chi connectivity index (χ1n) is 18.9.